The van der Waals surface area contributed by atoms with Gasteiger partial charge < -0.3 is 20.1 Å². The van der Waals surface area contributed by atoms with Crippen LogP contribution in [0.2, 0.25) is 0 Å². The van der Waals surface area contributed by atoms with E-state index in [1.54, 1.807) is 41.5 Å². The van der Waals surface area contributed by atoms with Gasteiger partial charge in [-0.3, -0.25) is 39.6 Å². The van der Waals surface area contributed by atoms with Crippen LogP contribution >= 0.6 is 0 Å². The van der Waals surface area contributed by atoms with Gasteiger partial charge in [0.2, 0.25) is 11.8 Å². The van der Waals surface area contributed by atoms with Gasteiger partial charge >= 0.3 is 12.2 Å². The Balaban J connectivity index is 1.91. The largest absolute Gasteiger partial charge is 0.443 e. The summed E-state index contributed by atoms with van der Waals surface area (Å²) >= 11 is 0. The summed E-state index contributed by atoms with van der Waals surface area (Å²) in [7, 11) is 0. The first kappa shape index (κ1) is 36.8. The van der Waals surface area contributed by atoms with Gasteiger partial charge in [-0.25, -0.2) is 19.6 Å². The molecule has 2 aromatic rings. The zero-order valence-electron chi connectivity index (χ0n) is 26.5. The molecule has 2 heterocycles. The van der Waals surface area contributed by atoms with Gasteiger partial charge in [-0.1, -0.05) is 0 Å². The summed E-state index contributed by atoms with van der Waals surface area (Å²) < 4.78 is 10.8. The number of nitrogens with one attached hydrogen (secondary N) is 2. The Labute approximate surface area is 264 Å². The molecule has 2 N–H and O–H groups in total. The third-order valence-electron chi connectivity index (χ3n) is 5.56. The van der Waals surface area contributed by atoms with E-state index < -0.39 is 45.0 Å². The van der Waals surface area contributed by atoms with Crippen molar-refractivity contribution >= 4 is 47.0 Å². The first-order chi connectivity index (χ1) is 21.4. The minimum atomic E-state index is -0.838. The van der Waals surface area contributed by atoms with Gasteiger partial charge in [0.1, 0.15) is 35.2 Å². The van der Waals surface area contributed by atoms with E-state index in [4.69, 9.17) is 9.47 Å². The highest BCUT2D eigenvalue weighted by molar-refractivity contribution is 5.88. The maximum atomic E-state index is 12.8. The number of carbonyl (C=O) groups is 4. The van der Waals surface area contributed by atoms with Gasteiger partial charge in [0.05, 0.1) is 9.85 Å². The number of nitro groups is 2. The SMILES string of the molecule is CC(C)(C)OC(=O)N(CCNC(=O)CCC(=O)NCCN(C(=O)OC(C)(C)C)c1ccc([N+](=O)[O-])cn1)c1ccc([N+](=O)[O-])cn1. The lowest BCUT2D eigenvalue weighted by Gasteiger charge is -2.27. The van der Waals surface area contributed by atoms with Crippen LogP contribution < -0.4 is 20.4 Å². The highest BCUT2D eigenvalue weighted by Crippen LogP contribution is 2.20. The first-order valence-electron chi connectivity index (χ1n) is 14.1. The van der Waals surface area contributed by atoms with Crippen LogP contribution in [0.1, 0.15) is 54.4 Å². The highest BCUT2D eigenvalue weighted by Gasteiger charge is 2.26. The van der Waals surface area contributed by atoms with Gasteiger partial charge in [0.25, 0.3) is 11.4 Å². The highest BCUT2D eigenvalue weighted by atomic mass is 16.6. The molecule has 250 valence electrons. The van der Waals surface area contributed by atoms with Crippen molar-refractivity contribution in [1.29, 1.82) is 0 Å². The molecule has 0 bridgehead atoms. The molecule has 18 heteroatoms. The van der Waals surface area contributed by atoms with E-state index >= 15 is 0 Å². The molecular weight excluding hydrogens is 608 g/mol. The smallest absolute Gasteiger partial charge is 0.416 e. The summed E-state index contributed by atoms with van der Waals surface area (Å²) in [4.78, 5) is 81.2. The van der Waals surface area contributed by atoms with Crippen molar-refractivity contribution in [3.63, 3.8) is 0 Å². The summed E-state index contributed by atoms with van der Waals surface area (Å²) in [6.45, 7) is 9.78. The number of hydrogen-bond acceptors (Lipinski definition) is 12. The number of amides is 4. The van der Waals surface area contributed by atoms with E-state index in [1.807, 2.05) is 0 Å². The number of hydrogen-bond donors (Lipinski definition) is 2. The minimum absolute atomic E-state index is 0.0363. The zero-order valence-corrected chi connectivity index (χ0v) is 26.5. The van der Waals surface area contributed by atoms with Crippen LogP contribution in [0.4, 0.5) is 32.6 Å². The summed E-state index contributed by atoms with van der Waals surface area (Å²) in [5, 5.41) is 27.1. The summed E-state index contributed by atoms with van der Waals surface area (Å²) in [6.07, 6.45) is 0.0817. The van der Waals surface area contributed by atoms with E-state index in [1.165, 1.54) is 24.3 Å². The fourth-order valence-corrected chi connectivity index (χ4v) is 3.54. The predicted octanol–water partition coefficient (Wildman–Crippen LogP) is 3.49. The van der Waals surface area contributed by atoms with Crippen LogP contribution in [0.3, 0.4) is 0 Å². The fourth-order valence-electron chi connectivity index (χ4n) is 3.54. The number of nitrogens with zero attached hydrogens (tertiary/aromatic N) is 6. The minimum Gasteiger partial charge on any atom is -0.443 e. The molecular formula is C28H38N8O10. The molecule has 46 heavy (non-hydrogen) atoms. The quantitative estimate of drug-likeness (QED) is 0.235. The van der Waals surface area contributed by atoms with Crippen molar-refractivity contribution < 1.29 is 38.5 Å². The first-order valence-corrected chi connectivity index (χ1v) is 14.1. The molecule has 2 rings (SSSR count). The van der Waals surface area contributed by atoms with Crippen molar-refractivity contribution in [1.82, 2.24) is 20.6 Å². The molecule has 0 aromatic carbocycles. The van der Waals surface area contributed by atoms with E-state index in [9.17, 15) is 39.4 Å². The number of anilines is 2. The Kier molecular flexibility index (Phi) is 12.8. The van der Waals surface area contributed by atoms with E-state index in [0.29, 0.717) is 0 Å². The van der Waals surface area contributed by atoms with Crippen molar-refractivity contribution in [2.45, 2.75) is 65.6 Å². The third-order valence-corrected chi connectivity index (χ3v) is 5.56. The Morgan fingerprint density at radius 3 is 1.30 bits per heavy atom. The molecule has 0 radical (unpaired) electrons. The lowest BCUT2D eigenvalue weighted by molar-refractivity contribution is -0.385. The van der Waals surface area contributed by atoms with Crippen molar-refractivity contribution in [3.05, 3.63) is 56.9 Å². The van der Waals surface area contributed by atoms with E-state index in [2.05, 4.69) is 20.6 Å². The molecule has 2 aromatic heterocycles. The van der Waals surface area contributed by atoms with Crippen LogP contribution in [-0.2, 0) is 19.1 Å². The van der Waals surface area contributed by atoms with Crippen LogP contribution in [0.25, 0.3) is 0 Å². The summed E-state index contributed by atoms with van der Waals surface area (Å²) in [5.74, 6) is -0.807. The molecule has 4 amide bonds. The molecule has 0 unspecified atom stereocenters. The van der Waals surface area contributed by atoms with Gasteiger partial charge in [-0.2, -0.15) is 0 Å². The molecule has 0 aliphatic heterocycles. The van der Waals surface area contributed by atoms with Crippen molar-refractivity contribution in [3.8, 4) is 0 Å². The molecule has 0 fully saturated rings. The Morgan fingerprint density at radius 2 is 1.04 bits per heavy atom. The molecule has 0 spiro atoms. The topological polar surface area (TPSA) is 229 Å². The maximum Gasteiger partial charge on any atom is 0.416 e. The number of aromatic nitrogens is 2. The second-order valence-electron chi connectivity index (χ2n) is 11.7. The number of carbonyl (C=O) groups excluding carboxylic acids is 4. The lowest BCUT2D eigenvalue weighted by Crippen LogP contribution is -2.42. The zero-order chi connectivity index (χ0) is 34.7. The molecule has 18 nitrogen and oxygen atoms in total. The molecule has 0 atom stereocenters. The Hall–Kier alpha value is -5.42. The molecule has 0 saturated heterocycles. The second kappa shape index (κ2) is 16.1. The standard InChI is InChI=1S/C28H38N8O10/c1-27(2,3)45-25(39)33(21-9-7-19(17-31-21)35(41)42)15-13-29-23(37)11-12-24(38)30-14-16-34(26(40)46-28(4,5)6)22-10-8-20(18-32-22)36(43)44/h7-10,17-18H,11-16H2,1-6H3,(H,29,37)(H,30,38). The summed E-state index contributed by atoms with van der Waals surface area (Å²) in [6, 6.07) is 4.95. The number of pyridine rings is 2. The van der Waals surface area contributed by atoms with Gasteiger partial charge in [0.15, 0.2) is 0 Å². The predicted molar refractivity (Wildman–Crippen MR) is 164 cm³/mol. The second-order valence-corrected chi connectivity index (χ2v) is 11.7. The van der Waals surface area contributed by atoms with Gasteiger partial charge in [-0.15, -0.1) is 0 Å². The monoisotopic (exact) mass is 646 g/mol. The third kappa shape index (κ3) is 12.7. The van der Waals surface area contributed by atoms with E-state index in [0.717, 1.165) is 22.2 Å². The average molecular weight is 647 g/mol. The summed E-state index contributed by atoms with van der Waals surface area (Å²) in [5.41, 5.74) is -2.20. The number of rotatable bonds is 13. The van der Waals surface area contributed by atoms with Crippen LogP contribution in [0, 0.1) is 20.2 Å². The average Bonchev–Trinajstić information content (AvgIpc) is 2.94. The van der Waals surface area contributed by atoms with Crippen LogP contribution in [-0.4, -0.2) is 81.2 Å². The molecule has 0 saturated carbocycles. The van der Waals surface area contributed by atoms with Crippen molar-refractivity contribution in [2.24, 2.45) is 0 Å². The Morgan fingerprint density at radius 1 is 0.696 bits per heavy atom. The Bertz CT molecular complexity index is 1300. The maximum absolute atomic E-state index is 12.8. The number of ether oxygens (including phenoxy) is 2. The van der Waals surface area contributed by atoms with Gasteiger partial charge in [-0.05, 0) is 53.7 Å². The molecule has 0 aliphatic rings. The van der Waals surface area contributed by atoms with Crippen molar-refractivity contribution in [2.75, 3.05) is 36.0 Å². The molecule has 0 aliphatic carbocycles. The normalized spacial score (nSPS) is 11.2. The van der Waals surface area contributed by atoms with E-state index in [-0.39, 0.29) is 62.0 Å². The van der Waals surface area contributed by atoms with Crippen LogP contribution in [0.5, 0.6) is 0 Å². The van der Waals surface area contributed by atoms with Gasteiger partial charge in [0, 0.05) is 51.2 Å². The lowest BCUT2D eigenvalue weighted by atomic mass is 10.2. The van der Waals surface area contributed by atoms with Crippen LogP contribution in [0.15, 0.2) is 36.7 Å². The fraction of sp³-hybridized carbons (Fsp3) is 0.500.